The van der Waals surface area contributed by atoms with Crippen LogP contribution in [0.15, 0.2) is 11.6 Å². The van der Waals surface area contributed by atoms with Gasteiger partial charge in [-0.1, -0.05) is 79.1 Å². The number of carbonyl (C=O) groups is 2. The maximum Gasteiger partial charge on any atom is 0.307 e. The van der Waals surface area contributed by atoms with Crippen LogP contribution in [-0.4, -0.2) is 75.2 Å². The van der Waals surface area contributed by atoms with Crippen molar-refractivity contribution in [1.82, 2.24) is 25.5 Å². The van der Waals surface area contributed by atoms with Crippen LogP contribution >= 0.6 is 0 Å². The summed E-state index contributed by atoms with van der Waals surface area (Å²) >= 11 is 0. The van der Waals surface area contributed by atoms with Gasteiger partial charge in [0.2, 0.25) is 5.91 Å². The van der Waals surface area contributed by atoms with Crippen molar-refractivity contribution >= 4 is 17.8 Å². The number of primary amides is 1. The molecule has 12 nitrogen and oxygen atoms in total. The van der Waals surface area contributed by atoms with Crippen LogP contribution in [0.3, 0.4) is 0 Å². The van der Waals surface area contributed by atoms with E-state index >= 15 is 0 Å². The van der Waals surface area contributed by atoms with E-state index in [1.54, 1.807) is 4.80 Å². The molecule has 1 saturated heterocycles. The molecule has 0 spiro atoms. The number of amides is 1. The van der Waals surface area contributed by atoms with Crippen molar-refractivity contribution in [2.75, 3.05) is 32.1 Å². The van der Waals surface area contributed by atoms with Gasteiger partial charge in [0.25, 0.3) is 5.95 Å². The summed E-state index contributed by atoms with van der Waals surface area (Å²) in [5.74, 6) is -0.0166. The predicted molar refractivity (Wildman–Crippen MR) is 195 cm³/mol. The lowest BCUT2D eigenvalue weighted by molar-refractivity contribution is -0.254. The zero-order chi connectivity index (χ0) is 37.5. The number of aromatic nitrogens is 4. The molecule has 4 fully saturated rings. The number of carboxylic acid groups (broad SMARTS) is 1. The van der Waals surface area contributed by atoms with E-state index in [0.29, 0.717) is 32.2 Å². The van der Waals surface area contributed by atoms with Crippen molar-refractivity contribution in [1.29, 1.82) is 0 Å². The highest BCUT2D eigenvalue weighted by Crippen LogP contribution is 2.75. The van der Waals surface area contributed by atoms with Crippen LogP contribution in [0.1, 0.15) is 114 Å². The molecule has 4 aliphatic carbocycles. The molecular formula is C39H65N7O5. The summed E-state index contributed by atoms with van der Waals surface area (Å²) in [6.07, 6.45) is 7.51. The third-order valence-corrected chi connectivity index (χ3v) is 16.3. The quantitative estimate of drug-likeness (QED) is 0.221. The molecule has 12 heteroatoms. The second kappa shape index (κ2) is 12.8. The highest BCUT2D eigenvalue weighted by Gasteiger charge is 2.72. The molecule has 6 N–H and O–H groups in total. The van der Waals surface area contributed by atoms with Gasteiger partial charge < -0.3 is 31.4 Å². The van der Waals surface area contributed by atoms with Crippen LogP contribution in [-0.2, 0) is 19.1 Å². The van der Waals surface area contributed by atoms with E-state index in [-0.39, 0.29) is 70.0 Å². The number of allylic oxidation sites excluding steroid dienone is 1. The van der Waals surface area contributed by atoms with Crippen molar-refractivity contribution in [3.63, 3.8) is 0 Å². The molecule has 1 aromatic heterocycles. The number of carboxylic acids is 1. The van der Waals surface area contributed by atoms with Crippen LogP contribution in [0.5, 0.6) is 0 Å². The number of nitrogens with one attached hydrogen (secondary N) is 1. The van der Waals surface area contributed by atoms with Gasteiger partial charge in [0, 0.05) is 16.4 Å². The SMILES string of the molecule is CC(C)[C@@H](C)[C@@]1(C)CC[C@]2(C)[C@H]3CC[C@@H]4[C@@]5(COC[C@]4(C)[C@@H](OC[C@](C)(NCC(N)=O)C(C)C)[C@H](n4nnc(N)n4)C5)C3=CC[C@@]2(C)[C@@H]1C(=O)O. The Kier molecular flexibility index (Phi) is 9.57. The Morgan fingerprint density at radius 1 is 1.12 bits per heavy atom. The first-order chi connectivity index (χ1) is 23.7. The number of ether oxygens (including phenoxy) is 2. The van der Waals surface area contributed by atoms with Gasteiger partial charge >= 0.3 is 5.97 Å². The van der Waals surface area contributed by atoms with Crippen molar-refractivity contribution in [3.8, 4) is 0 Å². The van der Waals surface area contributed by atoms with Crippen molar-refractivity contribution in [2.45, 2.75) is 125 Å². The van der Waals surface area contributed by atoms with E-state index in [1.807, 2.05) is 0 Å². The van der Waals surface area contributed by atoms with Crippen molar-refractivity contribution in [2.24, 2.45) is 68.3 Å². The zero-order valence-electron chi connectivity index (χ0n) is 32.8. The normalized spacial score (nSPS) is 42.3. The number of nitrogen functional groups attached to an aromatic ring is 1. The molecule has 6 rings (SSSR count). The van der Waals surface area contributed by atoms with Gasteiger partial charge in [-0.05, 0) is 96.5 Å². The molecule has 1 aliphatic heterocycles. The first-order valence-electron chi connectivity index (χ1n) is 19.4. The second-order valence-corrected chi connectivity index (χ2v) is 19.2. The predicted octanol–water partition coefficient (Wildman–Crippen LogP) is 5.26. The topological polar surface area (TPSA) is 181 Å². The first-order valence-corrected chi connectivity index (χ1v) is 19.4. The summed E-state index contributed by atoms with van der Waals surface area (Å²) in [7, 11) is 0. The highest BCUT2D eigenvalue weighted by molar-refractivity contribution is 5.76. The molecule has 2 bridgehead atoms. The molecule has 3 saturated carbocycles. The Hall–Kier alpha value is -2.57. The molecule has 0 aromatic carbocycles. The largest absolute Gasteiger partial charge is 0.481 e. The molecule has 0 radical (unpaired) electrons. The van der Waals surface area contributed by atoms with E-state index in [4.69, 9.17) is 20.9 Å². The zero-order valence-corrected chi connectivity index (χ0v) is 32.8. The number of aliphatic carboxylic acids is 1. The number of anilines is 1. The lowest BCUT2D eigenvalue weighted by Crippen LogP contribution is -2.69. The molecule has 286 valence electrons. The minimum Gasteiger partial charge on any atom is -0.481 e. The maximum absolute atomic E-state index is 13.5. The minimum atomic E-state index is -0.651. The van der Waals surface area contributed by atoms with E-state index in [1.165, 1.54) is 5.57 Å². The Bertz CT molecular complexity index is 1550. The fraction of sp³-hybridized carbons (Fsp3) is 0.872. The monoisotopic (exact) mass is 712 g/mol. The molecular weight excluding hydrogens is 646 g/mol. The Morgan fingerprint density at radius 3 is 2.41 bits per heavy atom. The standard InChI is InChI=1S/C39H65N7O5/c1-22(2)24(5)34(6)15-16-36(8)25-11-12-28-35(7)19-50-21-39(28,26(25)13-14-37(36,9)30(34)32(48)49)17-27(46-44-33(41)43-45-46)31(35)51-20-38(10,23(3)4)42-18-29(40)47/h13,22-25,27-28,30-31,42H,11-12,14-21H2,1-10H3,(H2,40,47)(H2,41,44)(H,48,49)/t24-,25+,27-,28+,30-,31+,34-,35+,36-,37+,38+,39+/m1/s1. The summed E-state index contributed by atoms with van der Waals surface area (Å²) in [6.45, 7) is 23.9. The van der Waals surface area contributed by atoms with Gasteiger partial charge in [-0.2, -0.15) is 4.80 Å². The van der Waals surface area contributed by atoms with Crippen LogP contribution in [0.2, 0.25) is 0 Å². The van der Waals surface area contributed by atoms with Gasteiger partial charge in [-0.25, -0.2) is 0 Å². The fourth-order valence-electron chi connectivity index (χ4n) is 12.5. The van der Waals surface area contributed by atoms with Gasteiger partial charge in [-0.15, -0.1) is 5.10 Å². The summed E-state index contributed by atoms with van der Waals surface area (Å²) in [5, 5.41) is 27.6. The molecule has 1 amide bonds. The average molecular weight is 712 g/mol. The number of tetrazole rings is 1. The van der Waals surface area contributed by atoms with Crippen LogP contribution in [0.4, 0.5) is 5.95 Å². The highest BCUT2D eigenvalue weighted by atomic mass is 16.5. The molecule has 5 aliphatic rings. The van der Waals surface area contributed by atoms with E-state index in [9.17, 15) is 14.7 Å². The van der Waals surface area contributed by atoms with E-state index in [0.717, 1.165) is 32.1 Å². The Balaban J connectivity index is 1.42. The number of carbonyl (C=O) groups excluding carboxylic acids is 1. The lowest BCUT2D eigenvalue weighted by Gasteiger charge is -2.71. The molecule has 1 aromatic rings. The lowest BCUT2D eigenvalue weighted by atomic mass is 9.34. The van der Waals surface area contributed by atoms with Gasteiger partial charge in [0.05, 0.1) is 38.4 Å². The Labute approximate surface area is 304 Å². The summed E-state index contributed by atoms with van der Waals surface area (Å²) < 4.78 is 13.8. The number of fused-ring (bicyclic) bond motifs is 3. The minimum absolute atomic E-state index is 0.0604. The van der Waals surface area contributed by atoms with Gasteiger partial charge in [-0.3, -0.25) is 9.59 Å². The number of hydrogen-bond donors (Lipinski definition) is 4. The fourth-order valence-corrected chi connectivity index (χ4v) is 12.5. The first kappa shape index (κ1) is 38.2. The second-order valence-electron chi connectivity index (χ2n) is 19.2. The molecule has 12 atom stereocenters. The van der Waals surface area contributed by atoms with Crippen LogP contribution in [0.25, 0.3) is 0 Å². The third kappa shape index (κ3) is 5.58. The summed E-state index contributed by atoms with van der Waals surface area (Å²) in [4.78, 5) is 26.9. The number of hydrogen-bond acceptors (Lipinski definition) is 9. The molecule has 0 unspecified atom stereocenters. The summed E-state index contributed by atoms with van der Waals surface area (Å²) in [5.41, 5.74) is 11.0. The number of rotatable bonds is 11. The average Bonchev–Trinajstić information content (AvgIpc) is 3.48. The summed E-state index contributed by atoms with van der Waals surface area (Å²) in [6, 6.07) is -0.262. The number of nitrogens with two attached hydrogens (primary N) is 2. The Morgan fingerprint density at radius 2 is 1.82 bits per heavy atom. The van der Waals surface area contributed by atoms with Crippen molar-refractivity contribution < 1.29 is 24.2 Å². The van der Waals surface area contributed by atoms with Gasteiger partial charge in [0.15, 0.2) is 0 Å². The van der Waals surface area contributed by atoms with Crippen LogP contribution in [0, 0.1) is 62.6 Å². The third-order valence-electron chi connectivity index (χ3n) is 16.3. The molecule has 51 heavy (non-hydrogen) atoms. The number of nitrogens with zero attached hydrogens (tertiary/aromatic N) is 4. The van der Waals surface area contributed by atoms with Gasteiger partial charge in [0.1, 0.15) is 6.04 Å². The van der Waals surface area contributed by atoms with E-state index < -0.39 is 28.7 Å². The smallest absolute Gasteiger partial charge is 0.307 e. The van der Waals surface area contributed by atoms with Crippen LogP contribution < -0.4 is 16.8 Å². The maximum atomic E-state index is 13.5. The molecule has 2 heterocycles. The van der Waals surface area contributed by atoms with Crippen molar-refractivity contribution in [3.05, 3.63) is 11.6 Å². The van der Waals surface area contributed by atoms with E-state index in [2.05, 4.69) is 96.0 Å².